The van der Waals surface area contributed by atoms with Gasteiger partial charge in [-0.1, -0.05) is 12.1 Å². The number of aliphatic hydroxyl groups is 1. The molecule has 19 heavy (non-hydrogen) atoms. The molecule has 1 aromatic carbocycles. The number of hydrogen-bond acceptors (Lipinski definition) is 4. The van der Waals surface area contributed by atoms with E-state index in [1.165, 1.54) is 0 Å². The molecule has 2 aliphatic rings. The van der Waals surface area contributed by atoms with Crippen molar-refractivity contribution in [1.82, 2.24) is 0 Å². The van der Waals surface area contributed by atoms with Gasteiger partial charge in [0.2, 0.25) is 0 Å². The molecular weight excluding hydrogens is 240 g/mol. The highest BCUT2D eigenvalue weighted by molar-refractivity contribution is 5.59. The predicted octanol–water partition coefficient (Wildman–Crippen LogP) is 1.38. The van der Waals surface area contributed by atoms with Crippen molar-refractivity contribution in [1.29, 1.82) is 0 Å². The van der Waals surface area contributed by atoms with Crippen LogP contribution in [0.1, 0.15) is 19.3 Å². The summed E-state index contributed by atoms with van der Waals surface area (Å²) in [5.74, 6) is 1.39. The Labute approximate surface area is 114 Å². The summed E-state index contributed by atoms with van der Waals surface area (Å²) in [4.78, 5) is 2.27. The highest BCUT2D eigenvalue weighted by atomic mass is 16.5. The van der Waals surface area contributed by atoms with E-state index in [1.807, 2.05) is 18.2 Å². The number of ether oxygens (including phenoxy) is 1. The maximum Gasteiger partial charge on any atom is 0.142 e. The van der Waals surface area contributed by atoms with E-state index in [9.17, 15) is 5.11 Å². The van der Waals surface area contributed by atoms with Crippen LogP contribution in [0.15, 0.2) is 24.3 Å². The first-order valence-electron chi connectivity index (χ1n) is 7.09. The second-order valence-corrected chi connectivity index (χ2v) is 5.76. The Bertz CT molecular complexity index is 448. The lowest BCUT2D eigenvalue weighted by molar-refractivity contribution is 0.179. The molecule has 1 aliphatic heterocycles. The number of hydrogen-bond donors (Lipinski definition) is 2. The third-order valence-electron chi connectivity index (χ3n) is 4.21. The number of para-hydroxylation sites is 2. The third kappa shape index (κ3) is 2.55. The summed E-state index contributed by atoms with van der Waals surface area (Å²) in [6.07, 6.45) is 3.27. The minimum absolute atomic E-state index is 0.0528. The summed E-state index contributed by atoms with van der Waals surface area (Å²) in [5, 5.41) is 9.66. The maximum absolute atomic E-state index is 9.66. The van der Waals surface area contributed by atoms with Gasteiger partial charge in [0.05, 0.1) is 24.4 Å². The zero-order valence-electron chi connectivity index (χ0n) is 11.2. The Morgan fingerprint density at radius 1 is 1.37 bits per heavy atom. The topological polar surface area (TPSA) is 58.7 Å². The van der Waals surface area contributed by atoms with Gasteiger partial charge in [-0.3, -0.25) is 0 Å². The number of nitrogens with two attached hydrogens (primary N) is 1. The number of rotatable bonds is 4. The first kappa shape index (κ1) is 12.8. The van der Waals surface area contributed by atoms with E-state index in [4.69, 9.17) is 10.5 Å². The van der Waals surface area contributed by atoms with Crippen LogP contribution in [-0.2, 0) is 0 Å². The van der Waals surface area contributed by atoms with Crippen LogP contribution in [0.25, 0.3) is 0 Å². The van der Waals surface area contributed by atoms with Crippen molar-refractivity contribution >= 4 is 5.69 Å². The maximum atomic E-state index is 9.66. The fourth-order valence-corrected chi connectivity index (χ4v) is 2.88. The Balaban J connectivity index is 1.83. The number of nitrogens with zero attached hydrogens (tertiary/aromatic N) is 1. The van der Waals surface area contributed by atoms with Gasteiger partial charge in [-0.2, -0.15) is 0 Å². The molecular formula is C15H22N2O2. The minimum atomic E-state index is -0.475. The normalized spacial score (nSPS) is 22.1. The molecule has 3 rings (SSSR count). The van der Waals surface area contributed by atoms with Gasteiger partial charge in [0.15, 0.2) is 0 Å². The van der Waals surface area contributed by atoms with Crippen molar-refractivity contribution in [2.24, 2.45) is 11.7 Å². The van der Waals surface area contributed by atoms with Crippen molar-refractivity contribution in [3.8, 4) is 5.75 Å². The highest BCUT2D eigenvalue weighted by Gasteiger charge is 2.43. The van der Waals surface area contributed by atoms with Gasteiger partial charge in [-0.15, -0.1) is 0 Å². The molecule has 1 aliphatic carbocycles. The molecule has 4 nitrogen and oxygen atoms in total. The van der Waals surface area contributed by atoms with Gasteiger partial charge < -0.3 is 20.5 Å². The zero-order valence-corrected chi connectivity index (χ0v) is 11.2. The van der Waals surface area contributed by atoms with Crippen LogP contribution in [0.3, 0.4) is 0 Å². The molecule has 4 heteroatoms. The van der Waals surface area contributed by atoms with Crippen LogP contribution in [-0.4, -0.2) is 36.9 Å². The van der Waals surface area contributed by atoms with Crippen molar-refractivity contribution < 1.29 is 9.84 Å². The average Bonchev–Trinajstić information content (AvgIpc) is 3.26. The highest BCUT2D eigenvalue weighted by Crippen LogP contribution is 2.40. The van der Waals surface area contributed by atoms with E-state index < -0.39 is 5.54 Å². The van der Waals surface area contributed by atoms with Crippen LogP contribution in [0.4, 0.5) is 5.69 Å². The minimum Gasteiger partial charge on any atom is -0.491 e. The van der Waals surface area contributed by atoms with Crippen molar-refractivity contribution in [3.63, 3.8) is 0 Å². The van der Waals surface area contributed by atoms with Gasteiger partial charge in [0.1, 0.15) is 5.75 Å². The lowest BCUT2D eigenvalue weighted by atomic mass is 9.94. The van der Waals surface area contributed by atoms with Crippen LogP contribution < -0.4 is 15.4 Å². The van der Waals surface area contributed by atoms with Gasteiger partial charge in [0, 0.05) is 13.1 Å². The summed E-state index contributed by atoms with van der Waals surface area (Å²) >= 11 is 0. The lowest BCUT2D eigenvalue weighted by Crippen LogP contribution is -2.55. The molecule has 0 aromatic heterocycles. The van der Waals surface area contributed by atoms with Gasteiger partial charge in [0.25, 0.3) is 0 Å². The molecule has 1 fully saturated rings. The Morgan fingerprint density at radius 3 is 2.89 bits per heavy atom. The molecule has 1 saturated carbocycles. The molecule has 1 unspecified atom stereocenters. The average molecular weight is 262 g/mol. The van der Waals surface area contributed by atoms with E-state index in [1.54, 1.807) is 0 Å². The zero-order chi connectivity index (χ0) is 13.3. The van der Waals surface area contributed by atoms with Crippen molar-refractivity contribution in [2.45, 2.75) is 24.8 Å². The lowest BCUT2D eigenvalue weighted by Gasteiger charge is -2.35. The van der Waals surface area contributed by atoms with Crippen molar-refractivity contribution in [3.05, 3.63) is 24.3 Å². The Kier molecular flexibility index (Phi) is 3.37. The van der Waals surface area contributed by atoms with Crippen LogP contribution in [0.2, 0.25) is 0 Å². The van der Waals surface area contributed by atoms with Crippen LogP contribution in [0.5, 0.6) is 5.75 Å². The Hall–Kier alpha value is -1.26. The molecule has 104 valence electrons. The van der Waals surface area contributed by atoms with E-state index in [0.29, 0.717) is 12.5 Å². The third-order valence-corrected chi connectivity index (χ3v) is 4.21. The second-order valence-electron chi connectivity index (χ2n) is 5.76. The smallest absolute Gasteiger partial charge is 0.142 e. The quantitative estimate of drug-likeness (QED) is 0.860. The number of fused-ring (bicyclic) bond motifs is 1. The molecule has 0 bridgehead atoms. The number of anilines is 1. The SMILES string of the molecule is NC(CO)(CN1CCCOc2ccccc21)C1CC1. The van der Waals surface area contributed by atoms with Crippen molar-refractivity contribution in [2.75, 3.05) is 31.2 Å². The number of aliphatic hydroxyl groups excluding tert-OH is 1. The standard InChI is InChI=1S/C15H22N2O2/c16-15(11-18,12-6-7-12)10-17-8-3-9-19-14-5-2-1-4-13(14)17/h1-2,4-5,12,18H,3,6-11,16H2. The molecule has 0 amide bonds. The predicted molar refractivity (Wildman–Crippen MR) is 75.5 cm³/mol. The van der Waals surface area contributed by atoms with Gasteiger partial charge in [-0.05, 0) is 37.3 Å². The summed E-state index contributed by atoms with van der Waals surface area (Å²) < 4.78 is 5.76. The molecule has 0 saturated heterocycles. The largest absolute Gasteiger partial charge is 0.491 e. The van der Waals surface area contributed by atoms with E-state index in [-0.39, 0.29) is 6.61 Å². The first-order valence-corrected chi connectivity index (χ1v) is 7.09. The number of benzene rings is 1. The summed E-state index contributed by atoms with van der Waals surface area (Å²) in [7, 11) is 0. The molecule has 3 N–H and O–H groups in total. The molecule has 1 aromatic rings. The fourth-order valence-electron chi connectivity index (χ4n) is 2.88. The summed E-state index contributed by atoms with van der Waals surface area (Å²) in [6, 6.07) is 8.09. The van der Waals surface area contributed by atoms with Gasteiger partial charge in [-0.25, -0.2) is 0 Å². The van der Waals surface area contributed by atoms with E-state index in [2.05, 4.69) is 11.0 Å². The van der Waals surface area contributed by atoms with Crippen LogP contribution >= 0.6 is 0 Å². The monoisotopic (exact) mass is 262 g/mol. The Morgan fingerprint density at radius 2 is 2.16 bits per heavy atom. The summed E-state index contributed by atoms with van der Waals surface area (Å²) in [5.41, 5.74) is 7.04. The summed E-state index contributed by atoms with van der Waals surface area (Å²) in [6.45, 7) is 2.43. The molecule has 1 heterocycles. The second kappa shape index (κ2) is 5.02. The van der Waals surface area contributed by atoms with Crippen LogP contribution in [0, 0.1) is 5.92 Å². The van der Waals surface area contributed by atoms with E-state index in [0.717, 1.165) is 43.9 Å². The van der Waals surface area contributed by atoms with Gasteiger partial charge >= 0.3 is 0 Å². The first-order chi connectivity index (χ1) is 9.23. The van der Waals surface area contributed by atoms with E-state index >= 15 is 0 Å². The fraction of sp³-hybridized carbons (Fsp3) is 0.600. The molecule has 0 radical (unpaired) electrons. The molecule has 0 spiro atoms. The molecule has 1 atom stereocenters.